The van der Waals surface area contributed by atoms with Crippen molar-refractivity contribution < 1.29 is 9.90 Å². The standard InChI is InChI=1S/C11H17NO2S/c13-7-2-1-3-11(14)12-6-4-10-5-8-15-9-10/h5,8-9,13H,1-4,6-7H2,(H,12,14). The van der Waals surface area contributed by atoms with Gasteiger partial charge in [0.2, 0.25) is 5.91 Å². The maximum atomic E-state index is 11.3. The number of nitrogens with one attached hydrogen (secondary N) is 1. The lowest BCUT2D eigenvalue weighted by Crippen LogP contribution is -2.25. The second-order valence-electron chi connectivity index (χ2n) is 3.41. The van der Waals surface area contributed by atoms with Gasteiger partial charge >= 0.3 is 0 Å². The minimum atomic E-state index is 0.0821. The van der Waals surface area contributed by atoms with Gasteiger partial charge in [0, 0.05) is 19.6 Å². The van der Waals surface area contributed by atoms with Gasteiger partial charge in [-0.3, -0.25) is 4.79 Å². The van der Waals surface area contributed by atoms with Crippen LogP contribution in [-0.2, 0) is 11.2 Å². The number of hydrogen-bond donors (Lipinski definition) is 2. The van der Waals surface area contributed by atoms with Crippen LogP contribution in [0.3, 0.4) is 0 Å². The molecule has 0 aromatic carbocycles. The molecule has 84 valence electrons. The molecule has 0 unspecified atom stereocenters. The highest BCUT2D eigenvalue weighted by molar-refractivity contribution is 7.07. The van der Waals surface area contributed by atoms with Gasteiger partial charge in [-0.15, -0.1) is 0 Å². The molecule has 15 heavy (non-hydrogen) atoms. The van der Waals surface area contributed by atoms with E-state index in [9.17, 15) is 4.79 Å². The normalized spacial score (nSPS) is 10.2. The Balaban J connectivity index is 2.02. The topological polar surface area (TPSA) is 49.3 Å². The SMILES string of the molecule is O=C(CCCCO)NCCc1ccsc1. The number of amides is 1. The largest absolute Gasteiger partial charge is 0.396 e. The van der Waals surface area contributed by atoms with Crippen molar-refractivity contribution in [2.45, 2.75) is 25.7 Å². The molecule has 0 bridgehead atoms. The Morgan fingerprint density at radius 2 is 2.33 bits per heavy atom. The minimum Gasteiger partial charge on any atom is -0.396 e. The van der Waals surface area contributed by atoms with E-state index in [1.54, 1.807) is 11.3 Å². The van der Waals surface area contributed by atoms with Crippen LogP contribution in [0, 0.1) is 0 Å². The molecule has 0 saturated heterocycles. The summed E-state index contributed by atoms with van der Waals surface area (Å²) in [6, 6.07) is 2.07. The first kappa shape index (κ1) is 12.2. The average molecular weight is 227 g/mol. The van der Waals surface area contributed by atoms with Crippen molar-refractivity contribution in [1.82, 2.24) is 5.32 Å². The van der Waals surface area contributed by atoms with Crippen LogP contribution in [0.15, 0.2) is 16.8 Å². The van der Waals surface area contributed by atoms with Crippen molar-refractivity contribution >= 4 is 17.2 Å². The molecule has 1 aromatic heterocycles. The summed E-state index contributed by atoms with van der Waals surface area (Å²) < 4.78 is 0. The van der Waals surface area contributed by atoms with Crippen molar-refractivity contribution in [3.8, 4) is 0 Å². The zero-order chi connectivity index (χ0) is 10.9. The van der Waals surface area contributed by atoms with Crippen molar-refractivity contribution in [3.05, 3.63) is 22.4 Å². The quantitative estimate of drug-likeness (QED) is 0.695. The molecule has 0 aliphatic rings. The number of rotatable bonds is 7. The molecule has 0 radical (unpaired) electrons. The molecule has 1 rings (SSSR count). The maximum absolute atomic E-state index is 11.3. The van der Waals surface area contributed by atoms with Crippen LogP contribution in [0.2, 0.25) is 0 Å². The van der Waals surface area contributed by atoms with Gasteiger partial charge < -0.3 is 10.4 Å². The number of hydrogen-bond acceptors (Lipinski definition) is 3. The number of carbonyl (C=O) groups excluding carboxylic acids is 1. The van der Waals surface area contributed by atoms with E-state index in [0.29, 0.717) is 19.4 Å². The summed E-state index contributed by atoms with van der Waals surface area (Å²) in [6.45, 7) is 0.872. The first-order chi connectivity index (χ1) is 7.33. The Kier molecular flexibility index (Phi) is 6.04. The minimum absolute atomic E-state index is 0.0821. The highest BCUT2D eigenvalue weighted by atomic mass is 32.1. The van der Waals surface area contributed by atoms with Crippen LogP contribution in [-0.4, -0.2) is 24.2 Å². The molecule has 0 aliphatic carbocycles. The van der Waals surface area contributed by atoms with E-state index in [1.165, 1.54) is 5.56 Å². The van der Waals surface area contributed by atoms with Gasteiger partial charge in [0.25, 0.3) is 0 Å². The third-order valence-electron chi connectivity index (χ3n) is 2.13. The number of aliphatic hydroxyl groups is 1. The van der Waals surface area contributed by atoms with Gasteiger partial charge in [-0.25, -0.2) is 0 Å². The highest BCUT2D eigenvalue weighted by Gasteiger charge is 2.00. The van der Waals surface area contributed by atoms with E-state index < -0.39 is 0 Å². The lowest BCUT2D eigenvalue weighted by atomic mass is 10.2. The van der Waals surface area contributed by atoms with Crippen molar-refractivity contribution in [2.75, 3.05) is 13.2 Å². The number of carbonyl (C=O) groups is 1. The fourth-order valence-corrected chi connectivity index (χ4v) is 1.97. The van der Waals surface area contributed by atoms with E-state index in [1.807, 2.05) is 5.38 Å². The second kappa shape index (κ2) is 7.43. The molecule has 0 spiro atoms. The molecule has 0 atom stereocenters. The molecule has 2 N–H and O–H groups in total. The van der Waals surface area contributed by atoms with E-state index in [4.69, 9.17) is 5.11 Å². The lowest BCUT2D eigenvalue weighted by molar-refractivity contribution is -0.121. The van der Waals surface area contributed by atoms with Crippen molar-refractivity contribution in [1.29, 1.82) is 0 Å². The molecular formula is C11H17NO2S. The van der Waals surface area contributed by atoms with E-state index >= 15 is 0 Å². The average Bonchev–Trinajstić information content (AvgIpc) is 2.71. The lowest BCUT2D eigenvalue weighted by Gasteiger charge is -2.03. The number of unbranched alkanes of at least 4 members (excludes halogenated alkanes) is 1. The third kappa shape index (κ3) is 5.54. The van der Waals surface area contributed by atoms with Gasteiger partial charge in [-0.05, 0) is 41.7 Å². The Hall–Kier alpha value is -0.870. The van der Waals surface area contributed by atoms with E-state index in [2.05, 4.69) is 16.8 Å². The van der Waals surface area contributed by atoms with Crippen LogP contribution in [0.5, 0.6) is 0 Å². The second-order valence-corrected chi connectivity index (χ2v) is 4.19. The van der Waals surface area contributed by atoms with Gasteiger partial charge in [-0.2, -0.15) is 11.3 Å². The predicted octanol–water partition coefficient (Wildman–Crippen LogP) is 1.57. The summed E-state index contributed by atoms with van der Waals surface area (Å²) >= 11 is 1.67. The van der Waals surface area contributed by atoms with Gasteiger partial charge in [-0.1, -0.05) is 0 Å². The Labute approximate surface area is 94.1 Å². The Bertz CT molecular complexity index is 272. The molecule has 0 fully saturated rings. The molecule has 0 saturated carbocycles. The number of thiophene rings is 1. The van der Waals surface area contributed by atoms with E-state index in [-0.39, 0.29) is 12.5 Å². The molecule has 4 heteroatoms. The van der Waals surface area contributed by atoms with Crippen molar-refractivity contribution in [3.63, 3.8) is 0 Å². The summed E-state index contributed by atoms with van der Waals surface area (Å²) in [5, 5.41) is 15.5. The molecule has 1 heterocycles. The predicted molar refractivity (Wildman–Crippen MR) is 62.0 cm³/mol. The first-order valence-corrected chi connectivity index (χ1v) is 6.16. The monoisotopic (exact) mass is 227 g/mol. The number of aliphatic hydroxyl groups excluding tert-OH is 1. The summed E-state index contributed by atoms with van der Waals surface area (Å²) in [7, 11) is 0. The van der Waals surface area contributed by atoms with Crippen LogP contribution in [0.1, 0.15) is 24.8 Å². The molecule has 0 aliphatic heterocycles. The Morgan fingerprint density at radius 3 is 3.00 bits per heavy atom. The van der Waals surface area contributed by atoms with Crippen LogP contribution in [0.4, 0.5) is 0 Å². The zero-order valence-corrected chi connectivity index (χ0v) is 9.55. The summed E-state index contributed by atoms with van der Waals surface area (Å²) in [6.07, 6.45) is 2.89. The van der Waals surface area contributed by atoms with Gasteiger partial charge in [0.15, 0.2) is 0 Å². The van der Waals surface area contributed by atoms with Crippen LogP contribution >= 0.6 is 11.3 Å². The molecule has 1 aromatic rings. The molecular weight excluding hydrogens is 210 g/mol. The molecule has 3 nitrogen and oxygen atoms in total. The highest BCUT2D eigenvalue weighted by Crippen LogP contribution is 2.05. The van der Waals surface area contributed by atoms with Crippen molar-refractivity contribution in [2.24, 2.45) is 0 Å². The van der Waals surface area contributed by atoms with Crippen LogP contribution in [0.25, 0.3) is 0 Å². The van der Waals surface area contributed by atoms with Gasteiger partial charge in [0.1, 0.15) is 0 Å². The fourth-order valence-electron chi connectivity index (χ4n) is 1.27. The zero-order valence-electron chi connectivity index (χ0n) is 8.74. The molecule has 1 amide bonds. The fraction of sp³-hybridized carbons (Fsp3) is 0.545. The third-order valence-corrected chi connectivity index (χ3v) is 2.86. The summed E-state index contributed by atoms with van der Waals surface area (Å²) in [4.78, 5) is 11.3. The Morgan fingerprint density at radius 1 is 1.47 bits per heavy atom. The van der Waals surface area contributed by atoms with Gasteiger partial charge in [0.05, 0.1) is 0 Å². The summed E-state index contributed by atoms with van der Waals surface area (Å²) in [5.41, 5.74) is 1.27. The summed E-state index contributed by atoms with van der Waals surface area (Å²) in [5.74, 6) is 0.0821. The van der Waals surface area contributed by atoms with E-state index in [0.717, 1.165) is 12.8 Å². The maximum Gasteiger partial charge on any atom is 0.220 e. The smallest absolute Gasteiger partial charge is 0.220 e. The first-order valence-electron chi connectivity index (χ1n) is 5.21. The van der Waals surface area contributed by atoms with Crippen LogP contribution < -0.4 is 5.32 Å².